The van der Waals surface area contributed by atoms with Crippen LogP contribution in [0.2, 0.25) is 0 Å². The van der Waals surface area contributed by atoms with E-state index in [2.05, 4.69) is 4.74 Å². The van der Waals surface area contributed by atoms with Crippen LogP contribution in [0.25, 0.3) is 0 Å². The van der Waals surface area contributed by atoms with Crippen LogP contribution in [0.1, 0.15) is 20.7 Å². The lowest BCUT2D eigenvalue weighted by molar-refractivity contribution is 0.0581. The van der Waals surface area contributed by atoms with Gasteiger partial charge < -0.3 is 9.84 Å². The largest absolute Gasteiger partial charge is 0.477 e. The Morgan fingerprint density at radius 2 is 1.29 bits per heavy atom. The van der Waals surface area contributed by atoms with E-state index in [1.807, 2.05) is 0 Å². The Morgan fingerprint density at radius 1 is 0.941 bits per heavy atom. The molecule has 0 unspecified atom stereocenters. The molecule has 0 amide bonds. The van der Waals surface area contributed by atoms with Crippen LogP contribution in [0.3, 0.4) is 0 Å². The molecule has 4 nitrogen and oxygen atoms in total. The standard InChI is InChI=1S/C9H4F4O4/c1-17-9(16)3-6(12)4(10)2(8(14)15)5(11)7(3)13/h1H3,(H,14,15). The molecule has 0 radical (unpaired) electrons. The van der Waals surface area contributed by atoms with Crippen LogP contribution in [0.15, 0.2) is 0 Å². The maximum absolute atomic E-state index is 13.2. The zero-order valence-corrected chi connectivity index (χ0v) is 8.18. The Balaban J connectivity index is 3.70. The smallest absolute Gasteiger partial charge is 0.344 e. The lowest BCUT2D eigenvalue weighted by Gasteiger charge is -2.07. The van der Waals surface area contributed by atoms with E-state index in [-0.39, 0.29) is 0 Å². The van der Waals surface area contributed by atoms with Gasteiger partial charge in [0.1, 0.15) is 11.1 Å². The zero-order valence-electron chi connectivity index (χ0n) is 8.18. The number of methoxy groups -OCH3 is 1. The molecule has 0 aromatic heterocycles. The summed E-state index contributed by atoms with van der Waals surface area (Å²) in [5, 5.41) is 8.35. The number of hydrogen-bond acceptors (Lipinski definition) is 3. The molecule has 0 aliphatic carbocycles. The molecule has 1 aromatic rings. The third-order valence-electron chi connectivity index (χ3n) is 1.87. The highest BCUT2D eigenvalue weighted by atomic mass is 19.2. The van der Waals surface area contributed by atoms with Crippen LogP contribution in [0, 0.1) is 23.3 Å². The number of halogens is 4. The fraction of sp³-hybridized carbons (Fsp3) is 0.111. The molecule has 1 rings (SSSR count). The lowest BCUT2D eigenvalue weighted by Crippen LogP contribution is -2.17. The number of rotatable bonds is 2. The van der Waals surface area contributed by atoms with E-state index < -0.39 is 46.3 Å². The average molecular weight is 252 g/mol. The molecule has 0 saturated carbocycles. The zero-order chi connectivity index (χ0) is 13.3. The first-order valence-electron chi connectivity index (χ1n) is 4.00. The van der Waals surface area contributed by atoms with Crippen molar-refractivity contribution in [2.24, 2.45) is 0 Å². The van der Waals surface area contributed by atoms with Crippen molar-refractivity contribution in [1.29, 1.82) is 0 Å². The Bertz CT molecular complexity index is 483. The summed E-state index contributed by atoms with van der Waals surface area (Å²) in [6, 6.07) is 0. The number of benzene rings is 1. The van der Waals surface area contributed by atoms with E-state index in [0.717, 1.165) is 7.11 Å². The predicted molar refractivity (Wildman–Crippen MR) is 44.6 cm³/mol. The highest BCUT2D eigenvalue weighted by Gasteiger charge is 2.32. The number of ether oxygens (including phenoxy) is 1. The molecule has 0 aliphatic heterocycles. The molecule has 92 valence electrons. The molecule has 0 aliphatic rings. The highest BCUT2D eigenvalue weighted by molar-refractivity contribution is 5.93. The molecular formula is C9H4F4O4. The van der Waals surface area contributed by atoms with Crippen molar-refractivity contribution >= 4 is 11.9 Å². The van der Waals surface area contributed by atoms with Crippen molar-refractivity contribution in [1.82, 2.24) is 0 Å². The van der Waals surface area contributed by atoms with E-state index in [1.54, 1.807) is 0 Å². The molecule has 0 fully saturated rings. The molecule has 0 spiro atoms. The number of carboxylic acid groups (broad SMARTS) is 1. The number of carbonyl (C=O) groups is 2. The predicted octanol–water partition coefficient (Wildman–Crippen LogP) is 1.73. The molecule has 1 N–H and O–H groups in total. The number of carbonyl (C=O) groups excluding carboxylic acids is 1. The maximum atomic E-state index is 13.2. The van der Waals surface area contributed by atoms with Gasteiger partial charge in [-0.3, -0.25) is 0 Å². The van der Waals surface area contributed by atoms with Crippen molar-refractivity contribution in [3.05, 3.63) is 34.4 Å². The van der Waals surface area contributed by atoms with Crippen LogP contribution in [-0.4, -0.2) is 24.2 Å². The van der Waals surface area contributed by atoms with Crippen LogP contribution >= 0.6 is 0 Å². The van der Waals surface area contributed by atoms with Gasteiger partial charge in [0, 0.05) is 0 Å². The van der Waals surface area contributed by atoms with Crippen LogP contribution < -0.4 is 0 Å². The van der Waals surface area contributed by atoms with Crippen molar-refractivity contribution in [2.75, 3.05) is 7.11 Å². The second-order valence-electron chi connectivity index (χ2n) is 2.80. The quantitative estimate of drug-likeness (QED) is 0.494. The monoisotopic (exact) mass is 252 g/mol. The van der Waals surface area contributed by atoms with Gasteiger partial charge in [0.05, 0.1) is 7.11 Å². The highest BCUT2D eigenvalue weighted by Crippen LogP contribution is 2.24. The molecule has 0 heterocycles. The van der Waals surface area contributed by atoms with Crippen LogP contribution in [0.4, 0.5) is 17.6 Å². The Hall–Kier alpha value is -2.12. The topological polar surface area (TPSA) is 63.6 Å². The van der Waals surface area contributed by atoms with Gasteiger partial charge in [-0.15, -0.1) is 0 Å². The fourth-order valence-corrected chi connectivity index (χ4v) is 1.10. The minimum absolute atomic E-state index is 0.738. The summed E-state index contributed by atoms with van der Waals surface area (Å²) in [5.74, 6) is -12.4. The van der Waals surface area contributed by atoms with Gasteiger partial charge in [-0.1, -0.05) is 0 Å². The van der Waals surface area contributed by atoms with E-state index in [4.69, 9.17) is 5.11 Å². The maximum Gasteiger partial charge on any atom is 0.344 e. The van der Waals surface area contributed by atoms with Crippen molar-refractivity contribution in [3.63, 3.8) is 0 Å². The number of hydrogen-bond donors (Lipinski definition) is 1. The Kier molecular flexibility index (Phi) is 3.35. The van der Waals surface area contributed by atoms with Gasteiger partial charge >= 0.3 is 11.9 Å². The van der Waals surface area contributed by atoms with E-state index in [1.165, 1.54) is 0 Å². The number of carboxylic acids is 1. The second kappa shape index (κ2) is 4.40. The number of esters is 1. The van der Waals surface area contributed by atoms with Crippen LogP contribution in [0.5, 0.6) is 0 Å². The molecule has 0 atom stereocenters. The van der Waals surface area contributed by atoms with Gasteiger partial charge in [-0.05, 0) is 0 Å². The van der Waals surface area contributed by atoms with Crippen molar-refractivity contribution in [2.45, 2.75) is 0 Å². The summed E-state index contributed by atoms with van der Waals surface area (Å²) in [7, 11) is 0.738. The summed E-state index contributed by atoms with van der Waals surface area (Å²) in [5.41, 5.74) is -3.43. The molecular weight excluding hydrogens is 248 g/mol. The molecule has 17 heavy (non-hydrogen) atoms. The average Bonchev–Trinajstić information content (AvgIpc) is 2.26. The van der Waals surface area contributed by atoms with Crippen LogP contribution in [-0.2, 0) is 4.74 Å². The first kappa shape index (κ1) is 12.9. The van der Waals surface area contributed by atoms with E-state index in [0.29, 0.717) is 0 Å². The third kappa shape index (κ3) is 1.93. The summed E-state index contributed by atoms with van der Waals surface area (Å²) in [6.07, 6.45) is 0. The number of aromatic carboxylic acids is 1. The summed E-state index contributed by atoms with van der Waals surface area (Å²) < 4.78 is 56.4. The molecule has 8 heteroatoms. The molecule has 0 bridgehead atoms. The SMILES string of the molecule is COC(=O)c1c(F)c(F)c(C(=O)O)c(F)c1F. The van der Waals surface area contributed by atoms with Crippen molar-refractivity contribution < 1.29 is 37.0 Å². The van der Waals surface area contributed by atoms with Crippen molar-refractivity contribution in [3.8, 4) is 0 Å². The van der Waals surface area contributed by atoms with E-state index >= 15 is 0 Å². The second-order valence-corrected chi connectivity index (χ2v) is 2.80. The van der Waals surface area contributed by atoms with E-state index in [9.17, 15) is 27.2 Å². The first-order chi connectivity index (χ1) is 7.82. The normalized spacial score (nSPS) is 10.2. The fourth-order valence-electron chi connectivity index (χ4n) is 1.10. The lowest BCUT2D eigenvalue weighted by atomic mass is 10.1. The summed E-state index contributed by atoms with van der Waals surface area (Å²) >= 11 is 0. The van der Waals surface area contributed by atoms with Gasteiger partial charge in [0.2, 0.25) is 0 Å². The van der Waals surface area contributed by atoms with Gasteiger partial charge in [0.25, 0.3) is 0 Å². The summed E-state index contributed by atoms with van der Waals surface area (Å²) in [6.45, 7) is 0. The van der Waals surface area contributed by atoms with Gasteiger partial charge in [0.15, 0.2) is 23.3 Å². The Morgan fingerprint density at radius 3 is 1.59 bits per heavy atom. The molecule has 1 aromatic carbocycles. The van der Waals surface area contributed by atoms with Gasteiger partial charge in [-0.2, -0.15) is 0 Å². The molecule has 0 saturated heterocycles. The third-order valence-corrected chi connectivity index (χ3v) is 1.87. The first-order valence-corrected chi connectivity index (χ1v) is 4.00. The minimum Gasteiger partial charge on any atom is -0.477 e. The Labute approximate surface area is 91.4 Å². The summed E-state index contributed by atoms with van der Waals surface area (Å²) in [4.78, 5) is 21.2. The minimum atomic E-state index is -2.20. The van der Waals surface area contributed by atoms with Gasteiger partial charge in [-0.25, -0.2) is 27.2 Å².